The van der Waals surface area contributed by atoms with Crippen molar-refractivity contribution in [3.8, 4) is 0 Å². The second-order valence-electron chi connectivity index (χ2n) is 4.26. The van der Waals surface area contributed by atoms with Gasteiger partial charge in [-0.05, 0) is 5.56 Å². The average molecular weight is 254 g/mol. The monoisotopic (exact) mass is 254 g/mol. The summed E-state index contributed by atoms with van der Waals surface area (Å²) in [7, 11) is 1.42. The molecular weight excluding hydrogens is 236 g/mol. The zero-order valence-corrected chi connectivity index (χ0v) is 10.2. The van der Waals surface area contributed by atoms with E-state index in [2.05, 4.69) is 0 Å². The molecule has 1 aromatic rings. The van der Waals surface area contributed by atoms with Crippen molar-refractivity contribution >= 4 is 0 Å². The second kappa shape index (κ2) is 6.26. The lowest BCUT2D eigenvalue weighted by Crippen LogP contribution is -2.35. The minimum absolute atomic E-state index is 0.215. The van der Waals surface area contributed by atoms with Gasteiger partial charge in [-0.15, -0.1) is 0 Å². The van der Waals surface area contributed by atoms with Crippen LogP contribution in [0.2, 0.25) is 0 Å². The molecule has 0 aliphatic carbocycles. The van der Waals surface area contributed by atoms with Crippen LogP contribution in [0, 0.1) is 0 Å². The molecule has 18 heavy (non-hydrogen) atoms. The van der Waals surface area contributed by atoms with Crippen molar-refractivity contribution in [2.45, 2.75) is 31.2 Å². The van der Waals surface area contributed by atoms with Crippen LogP contribution in [-0.4, -0.2) is 48.5 Å². The first-order valence-electron chi connectivity index (χ1n) is 5.88. The summed E-state index contributed by atoms with van der Waals surface area (Å²) in [5, 5.41) is 19.3. The summed E-state index contributed by atoms with van der Waals surface area (Å²) in [5.41, 5.74) is 1.05. The SMILES string of the molecule is CO[C@@H]1[C@@H](O)[C@@H](COCc2ccccc2)O[C@H]1O. The third kappa shape index (κ3) is 3.07. The third-order valence-electron chi connectivity index (χ3n) is 2.98. The Balaban J connectivity index is 1.78. The standard InChI is InChI=1S/C13H18O5/c1-16-12-11(14)10(18-13(12)15)8-17-7-9-5-3-2-4-6-9/h2-6,10-15H,7-8H2,1H3/t10-,11+,12-,13-/m1/s1. The number of aliphatic hydroxyl groups is 2. The third-order valence-corrected chi connectivity index (χ3v) is 2.98. The molecule has 100 valence electrons. The lowest BCUT2D eigenvalue weighted by molar-refractivity contribution is -0.143. The highest BCUT2D eigenvalue weighted by Crippen LogP contribution is 2.22. The quantitative estimate of drug-likeness (QED) is 0.791. The van der Waals surface area contributed by atoms with E-state index >= 15 is 0 Å². The van der Waals surface area contributed by atoms with Crippen molar-refractivity contribution in [1.82, 2.24) is 0 Å². The molecule has 1 fully saturated rings. The van der Waals surface area contributed by atoms with Gasteiger partial charge in [0.1, 0.15) is 18.3 Å². The first kappa shape index (κ1) is 13.5. The molecule has 1 aromatic carbocycles. The maximum Gasteiger partial charge on any atom is 0.184 e. The van der Waals surface area contributed by atoms with Gasteiger partial charge >= 0.3 is 0 Å². The molecule has 1 aliphatic heterocycles. The highest BCUT2D eigenvalue weighted by Gasteiger charge is 2.43. The van der Waals surface area contributed by atoms with Gasteiger partial charge in [-0.25, -0.2) is 0 Å². The summed E-state index contributed by atoms with van der Waals surface area (Å²) in [6.07, 6.45) is -3.25. The molecule has 0 amide bonds. The molecule has 0 bridgehead atoms. The highest BCUT2D eigenvalue weighted by molar-refractivity contribution is 5.13. The predicted molar refractivity (Wildman–Crippen MR) is 63.8 cm³/mol. The molecule has 0 unspecified atom stereocenters. The number of hydrogen-bond acceptors (Lipinski definition) is 5. The van der Waals surface area contributed by atoms with E-state index in [1.165, 1.54) is 7.11 Å². The second-order valence-corrected chi connectivity index (χ2v) is 4.26. The van der Waals surface area contributed by atoms with Crippen molar-refractivity contribution in [2.75, 3.05) is 13.7 Å². The minimum atomic E-state index is -1.10. The summed E-state index contributed by atoms with van der Waals surface area (Å²) in [5.74, 6) is 0. The first-order chi connectivity index (χ1) is 8.72. The number of aliphatic hydroxyl groups excluding tert-OH is 2. The van der Waals surface area contributed by atoms with Gasteiger partial charge in [0.15, 0.2) is 6.29 Å². The molecule has 1 heterocycles. The molecule has 5 nitrogen and oxygen atoms in total. The van der Waals surface area contributed by atoms with Crippen LogP contribution in [0.1, 0.15) is 5.56 Å². The lowest BCUT2D eigenvalue weighted by atomic mass is 10.1. The van der Waals surface area contributed by atoms with E-state index < -0.39 is 24.6 Å². The Bertz CT molecular complexity index is 356. The van der Waals surface area contributed by atoms with Crippen LogP contribution in [-0.2, 0) is 20.8 Å². The van der Waals surface area contributed by atoms with E-state index in [1.54, 1.807) is 0 Å². The van der Waals surface area contributed by atoms with Gasteiger partial charge in [0.25, 0.3) is 0 Å². The number of ether oxygens (including phenoxy) is 3. The molecule has 1 saturated heterocycles. The Hall–Kier alpha value is -0.980. The molecule has 0 aromatic heterocycles. The Labute approximate surface area is 106 Å². The van der Waals surface area contributed by atoms with E-state index in [0.717, 1.165) is 5.56 Å². The van der Waals surface area contributed by atoms with Crippen LogP contribution >= 0.6 is 0 Å². The number of methoxy groups -OCH3 is 1. The zero-order chi connectivity index (χ0) is 13.0. The van der Waals surface area contributed by atoms with Gasteiger partial charge in [-0.3, -0.25) is 0 Å². The van der Waals surface area contributed by atoms with Crippen LogP contribution in [0.25, 0.3) is 0 Å². The average Bonchev–Trinajstić information content (AvgIpc) is 2.65. The topological polar surface area (TPSA) is 68.2 Å². The summed E-state index contributed by atoms with van der Waals surface area (Å²) in [6, 6.07) is 9.72. The fourth-order valence-electron chi connectivity index (χ4n) is 1.98. The summed E-state index contributed by atoms with van der Waals surface area (Å²) >= 11 is 0. The Kier molecular flexibility index (Phi) is 4.68. The van der Waals surface area contributed by atoms with Gasteiger partial charge in [-0.2, -0.15) is 0 Å². The molecule has 4 atom stereocenters. The van der Waals surface area contributed by atoms with Gasteiger partial charge in [0, 0.05) is 7.11 Å². The Morgan fingerprint density at radius 1 is 1.22 bits per heavy atom. The minimum Gasteiger partial charge on any atom is -0.387 e. The van der Waals surface area contributed by atoms with Crippen molar-refractivity contribution in [3.05, 3.63) is 35.9 Å². The van der Waals surface area contributed by atoms with Crippen molar-refractivity contribution in [2.24, 2.45) is 0 Å². The smallest absolute Gasteiger partial charge is 0.184 e. The van der Waals surface area contributed by atoms with Crippen LogP contribution in [0.5, 0.6) is 0 Å². The van der Waals surface area contributed by atoms with Gasteiger partial charge in [-0.1, -0.05) is 30.3 Å². The van der Waals surface area contributed by atoms with E-state index in [-0.39, 0.29) is 6.61 Å². The molecule has 0 spiro atoms. The molecule has 2 N–H and O–H groups in total. The predicted octanol–water partition coefficient (Wildman–Crippen LogP) is 0.296. The zero-order valence-electron chi connectivity index (χ0n) is 10.2. The van der Waals surface area contributed by atoms with Gasteiger partial charge in [0.2, 0.25) is 0 Å². The van der Waals surface area contributed by atoms with Gasteiger partial charge in [0.05, 0.1) is 13.2 Å². The number of benzene rings is 1. The van der Waals surface area contributed by atoms with E-state index in [9.17, 15) is 10.2 Å². The maximum atomic E-state index is 9.83. The van der Waals surface area contributed by atoms with E-state index in [0.29, 0.717) is 6.61 Å². The Morgan fingerprint density at radius 3 is 2.56 bits per heavy atom. The molecular formula is C13H18O5. The fraction of sp³-hybridized carbons (Fsp3) is 0.538. The maximum absolute atomic E-state index is 9.83. The summed E-state index contributed by atoms with van der Waals surface area (Å²) < 4.78 is 15.6. The molecule has 2 rings (SSSR count). The molecule has 0 radical (unpaired) electrons. The molecule has 0 saturated carbocycles. The van der Waals surface area contributed by atoms with Crippen molar-refractivity contribution < 1.29 is 24.4 Å². The van der Waals surface area contributed by atoms with Crippen LogP contribution in [0.3, 0.4) is 0 Å². The Morgan fingerprint density at radius 2 is 1.94 bits per heavy atom. The molecule has 5 heteroatoms. The largest absolute Gasteiger partial charge is 0.387 e. The van der Waals surface area contributed by atoms with Gasteiger partial charge < -0.3 is 24.4 Å². The van der Waals surface area contributed by atoms with Crippen LogP contribution in [0.4, 0.5) is 0 Å². The summed E-state index contributed by atoms with van der Waals surface area (Å²) in [6.45, 7) is 0.661. The fourth-order valence-corrected chi connectivity index (χ4v) is 1.98. The van der Waals surface area contributed by atoms with Crippen molar-refractivity contribution in [3.63, 3.8) is 0 Å². The highest BCUT2D eigenvalue weighted by atomic mass is 16.7. The van der Waals surface area contributed by atoms with E-state index in [4.69, 9.17) is 14.2 Å². The van der Waals surface area contributed by atoms with E-state index in [1.807, 2.05) is 30.3 Å². The number of hydrogen-bond donors (Lipinski definition) is 2. The lowest BCUT2D eigenvalue weighted by Gasteiger charge is -2.16. The molecule has 1 aliphatic rings. The first-order valence-corrected chi connectivity index (χ1v) is 5.88. The van der Waals surface area contributed by atoms with Crippen molar-refractivity contribution in [1.29, 1.82) is 0 Å². The summed E-state index contributed by atoms with van der Waals surface area (Å²) in [4.78, 5) is 0. The van der Waals surface area contributed by atoms with Crippen LogP contribution in [0.15, 0.2) is 30.3 Å². The number of rotatable bonds is 5. The normalized spacial score (nSPS) is 31.7. The van der Waals surface area contributed by atoms with Crippen LogP contribution < -0.4 is 0 Å².